The number of nitrogens with zero attached hydrogens (tertiary/aromatic N) is 1. The Kier molecular flexibility index (Phi) is 2.91. The molecule has 0 atom stereocenters. The number of hydrogen-bond acceptors (Lipinski definition) is 1. The zero-order chi connectivity index (χ0) is 9.84. The highest BCUT2D eigenvalue weighted by atomic mass is 19.1. The molecule has 13 heavy (non-hydrogen) atoms. The first-order chi connectivity index (χ1) is 6.15. The van der Waals surface area contributed by atoms with Gasteiger partial charge in [0.25, 0.3) is 0 Å². The molecule has 4 heteroatoms. The Bertz CT molecular complexity index is 331. The van der Waals surface area contributed by atoms with Crippen LogP contribution in [0.25, 0.3) is 0 Å². The first-order valence-electron chi connectivity index (χ1n) is 3.65. The van der Waals surface area contributed by atoms with E-state index in [1.54, 1.807) is 6.07 Å². The van der Waals surface area contributed by atoms with Gasteiger partial charge in [-0.25, -0.2) is 13.2 Å². The molecule has 0 amide bonds. The molecular weight excluding hydrogens is 179 g/mol. The maximum Gasteiger partial charge on any atom is 0.132 e. The van der Waals surface area contributed by atoms with Crippen molar-refractivity contribution in [2.45, 2.75) is 12.8 Å². The predicted molar refractivity (Wildman–Crippen MR) is 40.3 cm³/mol. The summed E-state index contributed by atoms with van der Waals surface area (Å²) < 4.78 is 38.1. The summed E-state index contributed by atoms with van der Waals surface area (Å²) >= 11 is 0. The number of halogens is 3. The Morgan fingerprint density at radius 2 is 1.69 bits per heavy atom. The van der Waals surface area contributed by atoms with Gasteiger partial charge in [0.05, 0.1) is 6.07 Å². The van der Waals surface area contributed by atoms with Gasteiger partial charge in [0, 0.05) is 24.1 Å². The quantitative estimate of drug-likeness (QED) is 0.694. The summed E-state index contributed by atoms with van der Waals surface area (Å²) in [6, 6.07) is 2.97. The summed E-state index contributed by atoms with van der Waals surface area (Å²) in [6.07, 6.45) is -0.0199. The molecule has 0 aliphatic heterocycles. The molecule has 0 saturated carbocycles. The summed E-state index contributed by atoms with van der Waals surface area (Å²) in [6.45, 7) is 0. The molecule has 0 aliphatic rings. The molecule has 0 saturated heterocycles. The highest BCUT2D eigenvalue weighted by molar-refractivity contribution is 5.21. The molecule has 0 aliphatic carbocycles. The lowest BCUT2D eigenvalue weighted by atomic mass is 10.1. The van der Waals surface area contributed by atoms with Crippen LogP contribution in [-0.2, 0) is 6.42 Å². The first-order valence-corrected chi connectivity index (χ1v) is 3.65. The van der Waals surface area contributed by atoms with Crippen LogP contribution in [0.4, 0.5) is 13.2 Å². The third kappa shape index (κ3) is 2.22. The zero-order valence-corrected chi connectivity index (χ0v) is 6.65. The second kappa shape index (κ2) is 3.94. The van der Waals surface area contributed by atoms with E-state index >= 15 is 0 Å². The molecule has 1 rings (SSSR count). The van der Waals surface area contributed by atoms with Gasteiger partial charge in [-0.1, -0.05) is 0 Å². The third-order valence-corrected chi connectivity index (χ3v) is 1.59. The van der Waals surface area contributed by atoms with Crippen LogP contribution in [0, 0.1) is 28.8 Å². The van der Waals surface area contributed by atoms with Gasteiger partial charge in [-0.15, -0.1) is 0 Å². The lowest BCUT2D eigenvalue weighted by Gasteiger charge is -2.01. The van der Waals surface area contributed by atoms with Crippen molar-refractivity contribution in [3.8, 4) is 6.07 Å². The molecule has 0 bridgehead atoms. The summed E-state index contributed by atoms with van der Waals surface area (Å²) in [7, 11) is 0. The fourth-order valence-electron chi connectivity index (χ4n) is 0.992. The monoisotopic (exact) mass is 185 g/mol. The second-order valence-corrected chi connectivity index (χ2v) is 2.51. The predicted octanol–water partition coefficient (Wildman–Crippen LogP) is 2.56. The van der Waals surface area contributed by atoms with Crippen molar-refractivity contribution in [3.63, 3.8) is 0 Å². The molecule has 0 radical (unpaired) electrons. The van der Waals surface area contributed by atoms with Crippen LogP contribution in [0.2, 0.25) is 0 Å². The van der Waals surface area contributed by atoms with Crippen LogP contribution in [0.3, 0.4) is 0 Å². The summed E-state index contributed by atoms with van der Waals surface area (Å²) in [5.74, 6) is -2.82. The van der Waals surface area contributed by atoms with E-state index in [1.165, 1.54) is 0 Å². The SMILES string of the molecule is N#CCCc1c(F)cc(F)cc1F. The number of nitriles is 1. The van der Waals surface area contributed by atoms with Crippen LogP contribution < -0.4 is 0 Å². The minimum absolute atomic E-state index is 0.0134. The van der Waals surface area contributed by atoms with Gasteiger partial charge in [-0.3, -0.25) is 0 Å². The minimum Gasteiger partial charge on any atom is -0.207 e. The Hall–Kier alpha value is -1.50. The molecule has 1 nitrogen and oxygen atoms in total. The number of hydrogen-bond donors (Lipinski definition) is 0. The molecular formula is C9H6F3N. The van der Waals surface area contributed by atoms with Gasteiger partial charge in [-0.2, -0.15) is 5.26 Å². The van der Waals surface area contributed by atoms with Gasteiger partial charge in [0.2, 0.25) is 0 Å². The van der Waals surface area contributed by atoms with Crippen molar-refractivity contribution in [2.24, 2.45) is 0 Å². The number of rotatable bonds is 2. The summed E-state index contributed by atoms with van der Waals surface area (Å²) in [4.78, 5) is 0. The Morgan fingerprint density at radius 1 is 1.15 bits per heavy atom. The van der Waals surface area contributed by atoms with Gasteiger partial charge in [-0.05, 0) is 6.42 Å². The second-order valence-electron chi connectivity index (χ2n) is 2.51. The van der Waals surface area contributed by atoms with Crippen LogP contribution in [0.5, 0.6) is 0 Å². The van der Waals surface area contributed by atoms with Gasteiger partial charge in [0.15, 0.2) is 0 Å². The van der Waals surface area contributed by atoms with Crippen molar-refractivity contribution >= 4 is 0 Å². The van der Waals surface area contributed by atoms with Crippen molar-refractivity contribution in [1.29, 1.82) is 5.26 Å². The largest absolute Gasteiger partial charge is 0.207 e. The average molecular weight is 185 g/mol. The van der Waals surface area contributed by atoms with Gasteiger partial charge < -0.3 is 0 Å². The fraction of sp³-hybridized carbons (Fsp3) is 0.222. The molecule has 0 fully saturated rings. The van der Waals surface area contributed by atoms with E-state index in [4.69, 9.17) is 5.26 Å². The Morgan fingerprint density at radius 3 is 2.15 bits per heavy atom. The van der Waals surface area contributed by atoms with E-state index in [1.807, 2.05) is 0 Å². The van der Waals surface area contributed by atoms with Gasteiger partial charge in [0.1, 0.15) is 17.5 Å². The van der Waals surface area contributed by atoms with Crippen molar-refractivity contribution < 1.29 is 13.2 Å². The Balaban J connectivity index is 3.00. The van der Waals surface area contributed by atoms with Crippen molar-refractivity contribution in [1.82, 2.24) is 0 Å². The lowest BCUT2D eigenvalue weighted by molar-refractivity contribution is 0.524. The van der Waals surface area contributed by atoms with E-state index in [0.717, 1.165) is 0 Å². The fourth-order valence-corrected chi connectivity index (χ4v) is 0.992. The van der Waals surface area contributed by atoms with Crippen LogP contribution in [0.15, 0.2) is 12.1 Å². The van der Waals surface area contributed by atoms with E-state index in [-0.39, 0.29) is 18.4 Å². The van der Waals surface area contributed by atoms with Gasteiger partial charge >= 0.3 is 0 Å². The first kappa shape index (κ1) is 9.59. The van der Waals surface area contributed by atoms with Crippen LogP contribution in [-0.4, -0.2) is 0 Å². The molecule has 1 aromatic rings. The molecule has 0 aromatic heterocycles. The molecule has 0 heterocycles. The maximum atomic E-state index is 12.8. The molecule has 0 unspecified atom stereocenters. The van der Waals surface area contributed by atoms with Crippen LogP contribution in [0.1, 0.15) is 12.0 Å². The highest BCUT2D eigenvalue weighted by Gasteiger charge is 2.10. The number of benzene rings is 1. The molecule has 0 spiro atoms. The lowest BCUT2D eigenvalue weighted by Crippen LogP contribution is -1.96. The zero-order valence-electron chi connectivity index (χ0n) is 6.65. The average Bonchev–Trinajstić information content (AvgIpc) is 2.02. The Labute approximate surface area is 73.4 Å². The molecule has 0 N–H and O–H groups in total. The van der Waals surface area contributed by atoms with Crippen molar-refractivity contribution in [2.75, 3.05) is 0 Å². The normalized spacial score (nSPS) is 9.69. The summed E-state index contributed by atoms with van der Waals surface area (Å²) in [5, 5.41) is 8.19. The summed E-state index contributed by atoms with van der Waals surface area (Å²) in [5.41, 5.74) is -0.233. The smallest absolute Gasteiger partial charge is 0.132 e. The van der Waals surface area contributed by atoms with E-state index in [2.05, 4.69) is 0 Å². The third-order valence-electron chi connectivity index (χ3n) is 1.59. The van der Waals surface area contributed by atoms with E-state index in [0.29, 0.717) is 12.1 Å². The van der Waals surface area contributed by atoms with Crippen molar-refractivity contribution in [3.05, 3.63) is 35.1 Å². The minimum atomic E-state index is -0.948. The van der Waals surface area contributed by atoms with E-state index < -0.39 is 17.5 Å². The van der Waals surface area contributed by atoms with Crippen LogP contribution >= 0.6 is 0 Å². The van der Waals surface area contributed by atoms with E-state index in [9.17, 15) is 13.2 Å². The topological polar surface area (TPSA) is 23.8 Å². The molecule has 1 aromatic carbocycles. The standard InChI is InChI=1S/C9H6F3N/c10-6-4-8(11)7(2-1-3-13)9(12)5-6/h4-5H,1-2H2. The highest BCUT2D eigenvalue weighted by Crippen LogP contribution is 2.15. The molecule has 68 valence electrons. The maximum absolute atomic E-state index is 12.8.